The average Bonchev–Trinajstić information content (AvgIpc) is 4.21. The van der Waals surface area contributed by atoms with Crippen LogP contribution in [0, 0.1) is 17.3 Å². The van der Waals surface area contributed by atoms with E-state index in [2.05, 4.69) is 70.3 Å². The first kappa shape index (κ1) is 54.1. The Morgan fingerprint density at radius 2 is 1.54 bits per heavy atom. The lowest BCUT2D eigenvalue weighted by Crippen LogP contribution is -2.57. The molecule has 1 spiro atoms. The van der Waals surface area contributed by atoms with Crippen LogP contribution in [-0.4, -0.2) is 101 Å². The molecule has 0 radical (unpaired) electrons. The zero-order chi connectivity index (χ0) is 51.4. The largest absolute Gasteiger partial charge is 0.453 e. The Hall–Kier alpha value is -6.25. The SMILES string of the molecule is CCCC(=O)NC(=N/C=C/C/C=C(\C)c1ccc(-c2ccc(-c3cnc(C4CCCN4C(=O)C(NC(=O)OC)C(C)C)[nH]3)cc2)c2c1CC1(CCCC1)C2)C(CC)N(CC)C(=O)C(NC(=O)OC)C(C)C. The Morgan fingerprint density at radius 3 is 2.15 bits per heavy atom. The Labute approximate surface area is 421 Å². The molecule has 1 aromatic heterocycles. The fraction of sp³-hybridized carbons (Fsp3) is 0.554. The van der Waals surface area contributed by atoms with Gasteiger partial charge in [-0.05, 0) is 128 Å². The number of carbonyl (C=O) groups excluding carboxylic acids is 5. The first-order valence-corrected chi connectivity index (χ1v) is 25.9. The van der Waals surface area contributed by atoms with Crippen molar-refractivity contribution >= 4 is 41.3 Å². The molecule has 4 unspecified atom stereocenters. The number of H-pyrrole nitrogens is 1. The van der Waals surface area contributed by atoms with Gasteiger partial charge in [0, 0.05) is 25.7 Å². The number of likely N-dealkylation sites (tertiary alicyclic amines) is 1. The van der Waals surface area contributed by atoms with Crippen molar-refractivity contribution < 1.29 is 33.4 Å². The minimum atomic E-state index is -0.811. The second-order valence-electron chi connectivity index (χ2n) is 20.2. The molecule has 15 heteroatoms. The molecule has 6 rings (SSSR count). The number of aliphatic imine (C=N–C) groups is 1. The van der Waals surface area contributed by atoms with Gasteiger partial charge in [-0.2, -0.15) is 0 Å². The Kier molecular flexibility index (Phi) is 18.8. The summed E-state index contributed by atoms with van der Waals surface area (Å²) in [5.74, 6) is 0.257. The lowest BCUT2D eigenvalue weighted by Gasteiger charge is -2.35. The first-order chi connectivity index (χ1) is 34.1. The van der Waals surface area contributed by atoms with Crippen molar-refractivity contribution in [3.63, 3.8) is 0 Å². The van der Waals surface area contributed by atoms with Gasteiger partial charge in [-0.3, -0.25) is 14.4 Å². The smallest absolute Gasteiger partial charge is 0.407 e. The predicted molar refractivity (Wildman–Crippen MR) is 279 cm³/mol. The molecule has 3 aromatic rings. The van der Waals surface area contributed by atoms with Crippen molar-refractivity contribution in [2.75, 3.05) is 27.3 Å². The van der Waals surface area contributed by atoms with E-state index in [1.54, 1.807) is 11.1 Å². The molecule has 2 heterocycles. The van der Waals surface area contributed by atoms with Gasteiger partial charge >= 0.3 is 12.2 Å². The Morgan fingerprint density at radius 1 is 0.887 bits per heavy atom. The second-order valence-corrected chi connectivity index (χ2v) is 20.2. The molecule has 384 valence electrons. The van der Waals surface area contributed by atoms with E-state index < -0.39 is 30.3 Å². The molecule has 2 aromatic carbocycles. The average molecular weight is 975 g/mol. The molecule has 71 heavy (non-hydrogen) atoms. The van der Waals surface area contributed by atoms with E-state index in [0.717, 1.165) is 42.8 Å². The molecule has 15 nitrogen and oxygen atoms in total. The van der Waals surface area contributed by atoms with E-state index >= 15 is 0 Å². The number of imidazole rings is 1. The van der Waals surface area contributed by atoms with Gasteiger partial charge in [0.2, 0.25) is 17.7 Å². The fourth-order valence-electron chi connectivity index (χ4n) is 10.9. The number of nitrogens with zero attached hydrogens (tertiary/aromatic N) is 4. The molecular weight excluding hydrogens is 897 g/mol. The number of nitrogens with one attached hydrogen (secondary N) is 4. The number of aromatic amines is 1. The number of hydrogen-bond donors (Lipinski definition) is 4. The molecule has 5 amide bonds. The fourth-order valence-corrected chi connectivity index (χ4v) is 10.9. The third-order valence-corrected chi connectivity index (χ3v) is 14.7. The van der Waals surface area contributed by atoms with Crippen LogP contribution in [0.5, 0.6) is 0 Å². The molecule has 0 bridgehead atoms. The summed E-state index contributed by atoms with van der Waals surface area (Å²) in [5, 5.41) is 8.42. The number of rotatable bonds is 19. The van der Waals surface area contributed by atoms with Gasteiger partial charge < -0.3 is 40.2 Å². The van der Waals surface area contributed by atoms with Crippen LogP contribution in [0.4, 0.5) is 9.59 Å². The number of allylic oxidation sites excluding steroid dienone is 3. The number of aromatic nitrogens is 2. The number of alkyl carbamates (subject to hydrolysis) is 2. The van der Waals surface area contributed by atoms with Crippen LogP contribution in [-0.2, 0) is 36.7 Å². The summed E-state index contributed by atoms with van der Waals surface area (Å²) in [7, 11) is 2.57. The zero-order valence-corrected chi connectivity index (χ0v) is 43.8. The van der Waals surface area contributed by atoms with Crippen molar-refractivity contribution in [3.05, 3.63) is 83.5 Å². The summed E-state index contributed by atoms with van der Waals surface area (Å²) in [5.41, 5.74) is 10.0. The van der Waals surface area contributed by atoms with E-state index in [1.165, 1.54) is 73.3 Å². The Bertz CT molecular complexity index is 2450. The van der Waals surface area contributed by atoms with Crippen LogP contribution in [0.15, 0.2) is 65.9 Å². The van der Waals surface area contributed by atoms with E-state index in [9.17, 15) is 24.0 Å². The first-order valence-electron chi connectivity index (χ1n) is 25.9. The number of hydrogen-bond acceptors (Lipinski definition) is 9. The van der Waals surface area contributed by atoms with Crippen LogP contribution < -0.4 is 16.0 Å². The second kappa shape index (κ2) is 24.7. The number of carbonyl (C=O) groups is 5. The van der Waals surface area contributed by atoms with E-state index in [1.807, 2.05) is 65.6 Å². The zero-order valence-electron chi connectivity index (χ0n) is 43.8. The molecule has 3 aliphatic rings. The minimum Gasteiger partial charge on any atom is -0.453 e. The number of methoxy groups -OCH3 is 2. The highest BCUT2D eigenvalue weighted by atomic mass is 16.5. The maximum Gasteiger partial charge on any atom is 0.407 e. The van der Waals surface area contributed by atoms with Gasteiger partial charge in [-0.15, -0.1) is 0 Å². The predicted octanol–water partition coefficient (Wildman–Crippen LogP) is 10.1. The molecule has 2 aliphatic carbocycles. The van der Waals surface area contributed by atoms with Crippen LogP contribution >= 0.6 is 0 Å². The normalized spacial score (nSPS) is 17.9. The van der Waals surface area contributed by atoms with E-state index in [0.29, 0.717) is 50.0 Å². The number of benzene rings is 2. The van der Waals surface area contributed by atoms with Crippen LogP contribution in [0.25, 0.3) is 28.0 Å². The summed E-state index contributed by atoms with van der Waals surface area (Å²) in [4.78, 5) is 81.5. The standard InChI is InChI=1S/C56H78N8O7/c1-11-19-47(65)60-50(45(12-2)63(13-3)52(66)48(35(4)5)61-54(68)70-9)57-30-17-14-20-37(8)40-26-27-41(43-33-56(32-42(40)43)28-15-16-29-56)38-22-24-39(25-23-38)44-34-58-51(59-44)46-21-18-31-64(46)53(67)49(36(6)7)62-55(69)71-10/h17,20,22-27,30,34-36,45-46,48-49H,11-16,18-19,21,28-29,31-33H2,1-10H3,(H,58,59)(H,61,68)(H,62,69)(H,57,60,65)/b30-17+,37-20+. The summed E-state index contributed by atoms with van der Waals surface area (Å²) >= 11 is 0. The topological polar surface area (TPSA) is 187 Å². The van der Waals surface area contributed by atoms with Crippen molar-refractivity contribution in [1.82, 2.24) is 35.7 Å². The van der Waals surface area contributed by atoms with Crippen molar-refractivity contribution in [1.29, 1.82) is 0 Å². The molecule has 4 N–H and O–H groups in total. The molecule has 1 saturated carbocycles. The van der Waals surface area contributed by atoms with E-state index in [-0.39, 0.29) is 35.6 Å². The van der Waals surface area contributed by atoms with Crippen molar-refractivity contribution in [2.45, 2.75) is 157 Å². The van der Waals surface area contributed by atoms with Crippen molar-refractivity contribution in [2.24, 2.45) is 22.2 Å². The number of likely N-dealkylation sites (N-methyl/N-ethyl adjacent to an activating group) is 1. The van der Waals surface area contributed by atoms with E-state index in [4.69, 9.17) is 19.5 Å². The molecule has 2 fully saturated rings. The highest BCUT2D eigenvalue weighted by molar-refractivity contribution is 6.03. The summed E-state index contributed by atoms with van der Waals surface area (Å²) in [6.07, 6.45) is 17.4. The highest BCUT2D eigenvalue weighted by Crippen LogP contribution is 2.52. The summed E-state index contributed by atoms with van der Waals surface area (Å²) in [6.45, 7) is 16.5. The number of fused-ring (bicyclic) bond motifs is 1. The molecule has 1 saturated heterocycles. The monoisotopic (exact) mass is 975 g/mol. The van der Waals surface area contributed by atoms with Gasteiger partial charge in [0.05, 0.1) is 38.2 Å². The highest BCUT2D eigenvalue weighted by Gasteiger charge is 2.42. The third-order valence-electron chi connectivity index (χ3n) is 14.7. The quantitative estimate of drug-likeness (QED) is 0.0675. The number of ether oxygens (including phenoxy) is 2. The molecule has 4 atom stereocenters. The minimum absolute atomic E-state index is 0.111. The van der Waals surface area contributed by atoms with Crippen molar-refractivity contribution in [3.8, 4) is 22.4 Å². The van der Waals surface area contributed by atoms with Gasteiger partial charge in [-0.1, -0.05) is 103 Å². The molecular formula is C56H78N8O7. The number of amidine groups is 1. The lowest BCUT2D eigenvalue weighted by atomic mass is 9.82. The molecule has 1 aliphatic heterocycles. The summed E-state index contributed by atoms with van der Waals surface area (Å²) in [6, 6.07) is 11.0. The lowest BCUT2D eigenvalue weighted by molar-refractivity contribution is -0.136. The van der Waals surface area contributed by atoms with Gasteiger partial charge in [0.1, 0.15) is 23.7 Å². The van der Waals surface area contributed by atoms with Crippen LogP contribution in [0.3, 0.4) is 0 Å². The van der Waals surface area contributed by atoms with Gasteiger partial charge in [0.25, 0.3) is 0 Å². The van der Waals surface area contributed by atoms with Crippen LogP contribution in [0.1, 0.15) is 148 Å². The Balaban J connectivity index is 1.21. The van der Waals surface area contributed by atoms with Crippen LogP contribution in [0.2, 0.25) is 0 Å². The summed E-state index contributed by atoms with van der Waals surface area (Å²) < 4.78 is 9.62. The maximum atomic E-state index is 14.0. The maximum absolute atomic E-state index is 14.0. The number of amides is 5. The third kappa shape index (κ3) is 12.8. The van der Waals surface area contributed by atoms with Gasteiger partial charge in [-0.25, -0.2) is 19.6 Å². The van der Waals surface area contributed by atoms with Gasteiger partial charge in [0.15, 0.2) is 0 Å².